The molecular formula is C16H20N2O3. The van der Waals surface area contributed by atoms with Crippen LogP contribution in [-0.2, 0) is 4.79 Å². The summed E-state index contributed by atoms with van der Waals surface area (Å²) in [6.45, 7) is 1.16. The van der Waals surface area contributed by atoms with Gasteiger partial charge in [-0.1, -0.05) is 12.1 Å². The molecule has 5 heteroatoms. The monoisotopic (exact) mass is 288 g/mol. The van der Waals surface area contributed by atoms with Crippen molar-refractivity contribution in [2.75, 3.05) is 18.4 Å². The minimum Gasteiger partial charge on any atom is -0.465 e. The van der Waals surface area contributed by atoms with E-state index < -0.39 is 6.09 Å². The minimum absolute atomic E-state index is 0.118. The summed E-state index contributed by atoms with van der Waals surface area (Å²) in [6.07, 6.45) is 2.84. The lowest BCUT2D eigenvalue weighted by Crippen LogP contribution is -2.36. The number of carbonyl (C=O) groups is 2. The van der Waals surface area contributed by atoms with E-state index in [0.29, 0.717) is 19.0 Å². The van der Waals surface area contributed by atoms with Gasteiger partial charge in [-0.15, -0.1) is 0 Å². The summed E-state index contributed by atoms with van der Waals surface area (Å²) in [5, 5.41) is 11.9. The molecule has 2 aliphatic rings. The van der Waals surface area contributed by atoms with Crippen molar-refractivity contribution in [3.63, 3.8) is 0 Å². The van der Waals surface area contributed by atoms with Crippen molar-refractivity contribution >= 4 is 17.7 Å². The Labute approximate surface area is 123 Å². The normalized spacial score (nSPS) is 19.3. The first-order valence-electron chi connectivity index (χ1n) is 7.52. The van der Waals surface area contributed by atoms with Crippen molar-refractivity contribution in [1.29, 1.82) is 0 Å². The van der Waals surface area contributed by atoms with E-state index in [1.807, 2.05) is 18.2 Å². The summed E-state index contributed by atoms with van der Waals surface area (Å²) in [4.78, 5) is 24.2. The summed E-state index contributed by atoms with van der Waals surface area (Å²) in [7, 11) is 0. The number of benzene rings is 1. The predicted molar refractivity (Wildman–Crippen MR) is 79.4 cm³/mol. The fraction of sp³-hybridized carbons (Fsp3) is 0.500. The van der Waals surface area contributed by atoms with Crippen LogP contribution in [0.2, 0.25) is 0 Å². The lowest BCUT2D eigenvalue weighted by atomic mass is 9.89. The number of nitrogens with one attached hydrogen (secondary N) is 1. The first-order valence-corrected chi connectivity index (χ1v) is 7.52. The molecule has 1 aromatic rings. The third kappa shape index (κ3) is 3.35. The fourth-order valence-corrected chi connectivity index (χ4v) is 2.86. The van der Waals surface area contributed by atoms with Crippen molar-refractivity contribution in [2.24, 2.45) is 5.92 Å². The molecule has 2 N–H and O–H groups in total. The second-order valence-corrected chi connectivity index (χ2v) is 5.93. The van der Waals surface area contributed by atoms with Crippen LogP contribution in [0, 0.1) is 5.92 Å². The molecule has 1 heterocycles. The van der Waals surface area contributed by atoms with Crippen LogP contribution in [0.1, 0.15) is 37.2 Å². The molecule has 0 unspecified atom stereocenters. The highest BCUT2D eigenvalue weighted by Gasteiger charge is 2.29. The molecule has 1 saturated carbocycles. The molecule has 0 radical (unpaired) electrons. The maximum Gasteiger partial charge on any atom is 0.407 e. The van der Waals surface area contributed by atoms with E-state index in [4.69, 9.17) is 5.11 Å². The zero-order chi connectivity index (χ0) is 14.8. The van der Waals surface area contributed by atoms with Gasteiger partial charge in [-0.3, -0.25) is 4.79 Å². The smallest absolute Gasteiger partial charge is 0.407 e. The van der Waals surface area contributed by atoms with Gasteiger partial charge in [0.05, 0.1) is 0 Å². The van der Waals surface area contributed by atoms with E-state index in [2.05, 4.69) is 11.4 Å². The van der Waals surface area contributed by atoms with Crippen LogP contribution in [0.5, 0.6) is 0 Å². The molecule has 2 amide bonds. The van der Waals surface area contributed by atoms with Crippen LogP contribution in [0.4, 0.5) is 10.5 Å². The number of hydrogen-bond donors (Lipinski definition) is 2. The molecule has 5 nitrogen and oxygen atoms in total. The van der Waals surface area contributed by atoms with Crippen molar-refractivity contribution in [2.45, 2.75) is 31.6 Å². The fourth-order valence-electron chi connectivity index (χ4n) is 2.86. The van der Waals surface area contributed by atoms with Gasteiger partial charge < -0.3 is 15.3 Å². The van der Waals surface area contributed by atoms with E-state index in [0.717, 1.165) is 31.4 Å². The molecule has 1 aliphatic heterocycles. The molecule has 2 fully saturated rings. The topological polar surface area (TPSA) is 69.6 Å². The average Bonchev–Trinajstić information content (AvgIpc) is 3.32. The molecule has 1 aromatic carbocycles. The molecule has 0 aromatic heterocycles. The van der Waals surface area contributed by atoms with E-state index in [9.17, 15) is 9.59 Å². The largest absolute Gasteiger partial charge is 0.465 e. The highest BCUT2D eigenvalue weighted by molar-refractivity contribution is 5.94. The Balaban J connectivity index is 1.63. The van der Waals surface area contributed by atoms with Crippen molar-refractivity contribution in [1.82, 2.24) is 4.90 Å². The summed E-state index contributed by atoms with van der Waals surface area (Å²) in [5.41, 5.74) is 2.04. The van der Waals surface area contributed by atoms with Crippen LogP contribution in [0.25, 0.3) is 0 Å². The molecule has 0 bridgehead atoms. The number of carbonyl (C=O) groups excluding carboxylic acids is 1. The summed E-state index contributed by atoms with van der Waals surface area (Å²) < 4.78 is 0. The van der Waals surface area contributed by atoms with Gasteiger partial charge in [-0.2, -0.15) is 0 Å². The molecule has 112 valence electrons. The van der Waals surface area contributed by atoms with Gasteiger partial charge in [-0.25, -0.2) is 4.79 Å². The number of piperidine rings is 1. The quantitative estimate of drug-likeness (QED) is 0.898. The molecule has 0 atom stereocenters. The lowest BCUT2D eigenvalue weighted by molar-refractivity contribution is -0.117. The maximum absolute atomic E-state index is 11.8. The summed E-state index contributed by atoms with van der Waals surface area (Å²) in [6, 6.07) is 7.97. The van der Waals surface area contributed by atoms with Crippen molar-refractivity contribution in [3.05, 3.63) is 29.8 Å². The molecular weight excluding hydrogens is 268 g/mol. The first-order chi connectivity index (χ1) is 10.1. The minimum atomic E-state index is -0.834. The number of amides is 2. The number of carboxylic acid groups (broad SMARTS) is 1. The standard InChI is InChI=1S/C16H20N2O3/c19-15(12-4-5-12)17-14-3-1-2-13(10-14)11-6-8-18(9-7-11)16(20)21/h1-3,10-12H,4-9H2,(H,17,19)(H,20,21). The van der Waals surface area contributed by atoms with Crippen LogP contribution in [0.3, 0.4) is 0 Å². The van der Waals surface area contributed by atoms with Crippen LogP contribution < -0.4 is 5.32 Å². The Kier molecular flexibility index (Phi) is 3.82. The predicted octanol–water partition coefficient (Wildman–Crippen LogP) is 2.89. The highest BCUT2D eigenvalue weighted by atomic mass is 16.4. The van der Waals surface area contributed by atoms with Crippen molar-refractivity contribution < 1.29 is 14.7 Å². The molecule has 3 rings (SSSR count). The Bertz CT molecular complexity index is 546. The zero-order valence-electron chi connectivity index (χ0n) is 11.9. The summed E-state index contributed by atoms with van der Waals surface area (Å²) >= 11 is 0. The van der Waals surface area contributed by atoms with Gasteiger partial charge >= 0.3 is 6.09 Å². The van der Waals surface area contributed by atoms with Gasteiger partial charge in [0.15, 0.2) is 0 Å². The Morgan fingerprint density at radius 2 is 1.86 bits per heavy atom. The number of likely N-dealkylation sites (tertiary alicyclic amines) is 1. The van der Waals surface area contributed by atoms with Gasteiger partial charge in [0.25, 0.3) is 0 Å². The van der Waals surface area contributed by atoms with E-state index in [1.54, 1.807) is 0 Å². The first kappa shape index (κ1) is 13.9. The lowest BCUT2D eigenvalue weighted by Gasteiger charge is -2.30. The average molecular weight is 288 g/mol. The SMILES string of the molecule is O=C(Nc1cccc(C2CCN(C(=O)O)CC2)c1)C1CC1. The second-order valence-electron chi connectivity index (χ2n) is 5.93. The van der Waals surface area contributed by atoms with E-state index in [-0.39, 0.29) is 11.8 Å². The second kappa shape index (κ2) is 5.76. The number of anilines is 1. The number of rotatable bonds is 3. The van der Waals surface area contributed by atoms with Gasteiger partial charge in [0.2, 0.25) is 5.91 Å². The van der Waals surface area contributed by atoms with Crippen LogP contribution in [-0.4, -0.2) is 35.1 Å². The Hall–Kier alpha value is -2.04. The van der Waals surface area contributed by atoms with Gasteiger partial charge in [0, 0.05) is 24.7 Å². The third-order valence-corrected chi connectivity index (χ3v) is 4.34. The van der Waals surface area contributed by atoms with Crippen LogP contribution >= 0.6 is 0 Å². The maximum atomic E-state index is 11.8. The van der Waals surface area contributed by atoms with Gasteiger partial charge in [-0.05, 0) is 49.3 Å². The zero-order valence-corrected chi connectivity index (χ0v) is 11.9. The van der Waals surface area contributed by atoms with E-state index >= 15 is 0 Å². The van der Waals surface area contributed by atoms with E-state index in [1.165, 1.54) is 10.5 Å². The number of hydrogen-bond acceptors (Lipinski definition) is 2. The highest BCUT2D eigenvalue weighted by Crippen LogP contribution is 2.32. The molecule has 21 heavy (non-hydrogen) atoms. The Morgan fingerprint density at radius 1 is 1.14 bits per heavy atom. The van der Waals surface area contributed by atoms with Gasteiger partial charge in [0.1, 0.15) is 0 Å². The van der Waals surface area contributed by atoms with Crippen molar-refractivity contribution in [3.8, 4) is 0 Å². The third-order valence-electron chi connectivity index (χ3n) is 4.34. The molecule has 0 spiro atoms. The summed E-state index contributed by atoms with van der Waals surface area (Å²) in [5.74, 6) is 0.693. The molecule has 1 aliphatic carbocycles. The van der Waals surface area contributed by atoms with Crippen LogP contribution in [0.15, 0.2) is 24.3 Å². The Morgan fingerprint density at radius 3 is 2.48 bits per heavy atom. The number of nitrogens with zero attached hydrogens (tertiary/aromatic N) is 1. The molecule has 1 saturated heterocycles.